The highest BCUT2D eigenvalue weighted by atomic mass is 19.4. The van der Waals surface area contributed by atoms with Gasteiger partial charge in [0.15, 0.2) is 5.82 Å². The SMILES string of the molecule is Cc1cc(-c2ncn(/C=C\C(=O)N3CC(O)C3)n2)cc(C(F)(F)F)c1. The minimum atomic E-state index is -4.45. The Morgan fingerprint density at radius 2 is 2.04 bits per heavy atom. The minimum absolute atomic E-state index is 0.130. The van der Waals surface area contributed by atoms with Crippen LogP contribution in [0.15, 0.2) is 30.6 Å². The van der Waals surface area contributed by atoms with E-state index in [0.717, 1.165) is 12.1 Å². The number of alkyl halides is 3. The molecular weight excluding hydrogens is 337 g/mol. The van der Waals surface area contributed by atoms with Crippen LogP contribution < -0.4 is 0 Å². The molecule has 0 unspecified atom stereocenters. The number of benzene rings is 1. The Morgan fingerprint density at radius 3 is 2.68 bits per heavy atom. The van der Waals surface area contributed by atoms with Crippen molar-refractivity contribution in [3.05, 3.63) is 41.7 Å². The summed E-state index contributed by atoms with van der Waals surface area (Å²) in [7, 11) is 0. The number of carbonyl (C=O) groups excluding carboxylic acids is 1. The molecule has 1 aliphatic rings. The number of rotatable bonds is 3. The van der Waals surface area contributed by atoms with Crippen LogP contribution in [-0.4, -0.2) is 49.9 Å². The number of aliphatic hydroxyl groups excluding tert-OH is 1. The highest BCUT2D eigenvalue weighted by Crippen LogP contribution is 2.32. The normalized spacial score (nSPS) is 15.6. The standard InChI is InChI=1S/C16H15F3N4O2/c1-10-4-11(6-12(5-10)16(17,18)19)15-20-9-23(21-15)3-2-14(25)22-7-13(24)8-22/h2-6,9,13,24H,7-8H2,1H3/b3-2-. The van der Waals surface area contributed by atoms with E-state index in [1.807, 2.05) is 0 Å². The number of hydrogen-bond acceptors (Lipinski definition) is 4. The zero-order valence-electron chi connectivity index (χ0n) is 13.2. The Morgan fingerprint density at radius 1 is 1.32 bits per heavy atom. The summed E-state index contributed by atoms with van der Waals surface area (Å²) in [5.41, 5.74) is -0.0687. The number of amides is 1. The van der Waals surface area contributed by atoms with Gasteiger partial charge in [-0.15, -0.1) is 5.10 Å². The molecule has 1 aliphatic heterocycles. The lowest BCUT2D eigenvalue weighted by molar-refractivity contribution is -0.137. The molecule has 1 aromatic carbocycles. The van der Waals surface area contributed by atoms with Gasteiger partial charge >= 0.3 is 6.18 Å². The molecule has 3 rings (SSSR count). The zero-order valence-corrected chi connectivity index (χ0v) is 13.2. The Kier molecular flexibility index (Phi) is 4.34. The summed E-state index contributed by atoms with van der Waals surface area (Å²) in [5, 5.41) is 13.2. The van der Waals surface area contributed by atoms with Gasteiger partial charge in [-0.2, -0.15) is 13.2 Å². The number of aromatic nitrogens is 3. The summed E-state index contributed by atoms with van der Waals surface area (Å²) in [4.78, 5) is 17.2. The maximum Gasteiger partial charge on any atom is 0.416 e. The van der Waals surface area contributed by atoms with Crippen LogP contribution in [0.25, 0.3) is 17.6 Å². The van der Waals surface area contributed by atoms with E-state index in [-0.39, 0.29) is 30.4 Å². The molecule has 1 saturated heterocycles. The monoisotopic (exact) mass is 352 g/mol. The smallest absolute Gasteiger partial charge is 0.389 e. The van der Waals surface area contributed by atoms with E-state index in [4.69, 9.17) is 5.11 Å². The van der Waals surface area contributed by atoms with Gasteiger partial charge in [0.1, 0.15) is 6.33 Å². The van der Waals surface area contributed by atoms with Gasteiger partial charge in [-0.3, -0.25) is 4.79 Å². The number of β-amino-alcohol motifs (C(OH)–C–C–N with tert-alkyl or cyclic N) is 1. The molecule has 25 heavy (non-hydrogen) atoms. The van der Waals surface area contributed by atoms with E-state index in [1.165, 1.54) is 28.2 Å². The topological polar surface area (TPSA) is 71.2 Å². The van der Waals surface area contributed by atoms with Crippen LogP contribution in [0.1, 0.15) is 11.1 Å². The van der Waals surface area contributed by atoms with Crippen LogP contribution in [0.3, 0.4) is 0 Å². The van der Waals surface area contributed by atoms with Crippen molar-refractivity contribution in [2.24, 2.45) is 0 Å². The molecule has 0 atom stereocenters. The zero-order chi connectivity index (χ0) is 18.2. The second-order valence-corrected chi connectivity index (χ2v) is 5.85. The van der Waals surface area contributed by atoms with E-state index in [0.29, 0.717) is 5.56 Å². The number of carbonyl (C=O) groups is 1. The third-order valence-electron chi connectivity index (χ3n) is 3.72. The van der Waals surface area contributed by atoms with Gasteiger partial charge in [0.2, 0.25) is 5.91 Å². The summed E-state index contributed by atoms with van der Waals surface area (Å²) in [5.74, 6) is -0.150. The average molecular weight is 352 g/mol. The molecule has 1 N–H and O–H groups in total. The molecule has 2 aromatic rings. The number of likely N-dealkylation sites (tertiary alicyclic amines) is 1. The van der Waals surface area contributed by atoms with Crippen LogP contribution in [0.5, 0.6) is 0 Å². The highest BCUT2D eigenvalue weighted by Gasteiger charge is 2.31. The van der Waals surface area contributed by atoms with E-state index < -0.39 is 17.8 Å². The average Bonchev–Trinajstić information content (AvgIpc) is 2.97. The first kappa shape index (κ1) is 17.2. The van der Waals surface area contributed by atoms with Gasteiger partial charge in [-0.1, -0.05) is 0 Å². The first-order valence-corrected chi connectivity index (χ1v) is 7.48. The van der Waals surface area contributed by atoms with E-state index in [2.05, 4.69) is 10.1 Å². The van der Waals surface area contributed by atoms with Gasteiger partial charge in [-0.05, 0) is 30.7 Å². The van der Waals surface area contributed by atoms with Crippen molar-refractivity contribution in [2.75, 3.05) is 13.1 Å². The fourth-order valence-corrected chi connectivity index (χ4v) is 2.44. The van der Waals surface area contributed by atoms with Crippen LogP contribution in [0.4, 0.5) is 13.2 Å². The number of hydrogen-bond donors (Lipinski definition) is 1. The quantitative estimate of drug-likeness (QED) is 0.857. The number of aliphatic hydroxyl groups is 1. The lowest BCUT2D eigenvalue weighted by Gasteiger charge is -2.34. The maximum atomic E-state index is 12.9. The molecule has 132 valence electrons. The molecule has 0 saturated carbocycles. The first-order valence-electron chi connectivity index (χ1n) is 7.48. The van der Waals surface area contributed by atoms with Crippen molar-refractivity contribution in [3.8, 4) is 11.4 Å². The van der Waals surface area contributed by atoms with E-state index >= 15 is 0 Å². The Bertz CT molecular complexity index is 823. The fourth-order valence-electron chi connectivity index (χ4n) is 2.44. The molecule has 1 fully saturated rings. The maximum absolute atomic E-state index is 12.9. The van der Waals surface area contributed by atoms with Crippen molar-refractivity contribution in [2.45, 2.75) is 19.2 Å². The molecule has 6 nitrogen and oxygen atoms in total. The van der Waals surface area contributed by atoms with Crippen LogP contribution >= 0.6 is 0 Å². The molecule has 0 aliphatic carbocycles. The summed E-state index contributed by atoms with van der Waals surface area (Å²) < 4.78 is 40.0. The predicted octanol–water partition coefficient (Wildman–Crippen LogP) is 1.95. The lowest BCUT2D eigenvalue weighted by Crippen LogP contribution is -2.52. The van der Waals surface area contributed by atoms with E-state index in [9.17, 15) is 18.0 Å². The fraction of sp³-hybridized carbons (Fsp3) is 0.312. The van der Waals surface area contributed by atoms with Crippen LogP contribution in [0, 0.1) is 6.92 Å². The minimum Gasteiger partial charge on any atom is -0.389 e. The van der Waals surface area contributed by atoms with Crippen molar-refractivity contribution < 1.29 is 23.1 Å². The van der Waals surface area contributed by atoms with Gasteiger partial charge in [0, 0.05) is 30.9 Å². The second-order valence-electron chi connectivity index (χ2n) is 5.85. The van der Waals surface area contributed by atoms with Gasteiger partial charge in [0.25, 0.3) is 0 Å². The van der Waals surface area contributed by atoms with Gasteiger partial charge in [0.05, 0.1) is 11.7 Å². The number of aryl methyl sites for hydroxylation is 1. The van der Waals surface area contributed by atoms with E-state index in [1.54, 1.807) is 13.0 Å². The Balaban J connectivity index is 1.77. The summed E-state index contributed by atoms with van der Waals surface area (Å²) in [6.07, 6.45) is -0.998. The predicted molar refractivity (Wildman–Crippen MR) is 83.1 cm³/mol. The molecule has 0 radical (unpaired) electrons. The third kappa shape index (κ3) is 3.87. The number of halogens is 3. The Labute approximate surface area is 141 Å². The van der Waals surface area contributed by atoms with Gasteiger partial charge < -0.3 is 10.0 Å². The molecule has 9 heteroatoms. The summed E-state index contributed by atoms with van der Waals surface area (Å²) in [6, 6.07) is 3.61. The molecule has 0 spiro atoms. The second kappa shape index (κ2) is 6.32. The van der Waals surface area contributed by atoms with Crippen molar-refractivity contribution >= 4 is 12.1 Å². The summed E-state index contributed by atoms with van der Waals surface area (Å²) >= 11 is 0. The van der Waals surface area contributed by atoms with Crippen molar-refractivity contribution in [1.29, 1.82) is 0 Å². The van der Waals surface area contributed by atoms with Crippen LogP contribution in [0.2, 0.25) is 0 Å². The first-order chi connectivity index (χ1) is 11.7. The highest BCUT2D eigenvalue weighted by molar-refractivity contribution is 5.90. The lowest BCUT2D eigenvalue weighted by atomic mass is 10.1. The largest absolute Gasteiger partial charge is 0.416 e. The molecule has 2 heterocycles. The van der Waals surface area contributed by atoms with Gasteiger partial charge in [-0.25, -0.2) is 9.67 Å². The molecule has 1 aromatic heterocycles. The summed E-state index contributed by atoms with van der Waals surface area (Å²) in [6.45, 7) is 2.14. The number of nitrogens with zero attached hydrogens (tertiary/aromatic N) is 4. The van der Waals surface area contributed by atoms with Crippen LogP contribution in [-0.2, 0) is 11.0 Å². The Hall–Kier alpha value is -2.68. The molecule has 1 amide bonds. The van der Waals surface area contributed by atoms with Crippen molar-refractivity contribution in [1.82, 2.24) is 19.7 Å². The molecular formula is C16H15F3N4O2. The third-order valence-corrected chi connectivity index (χ3v) is 3.72. The molecule has 0 bridgehead atoms. The van der Waals surface area contributed by atoms with Crippen molar-refractivity contribution in [3.63, 3.8) is 0 Å².